The van der Waals surface area contributed by atoms with E-state index in [0.29, 0.717) is 38.5 Å². The number of nitrogens with zero attached hydrogens (tertiary/aromatic N) is 1. The summed E-state index contributed by atoms with van der Waals surface area (Å²) in [6, 6.07) is 8.37. The normalized spacial score (nSPS) is 26.7. The van der Waals surface area contributed by atoms with Gasteiger partial charge in [0.2, 0.25) is 0 Å². The number of carboxylic acid groups (broad SMARTS) is 1. The van der Waals surface area contributed by atoms with Crippen LogP contribution in [0.4, 0.5) is 18.0 Å². The molecule has 8 heteroatoms. The topological polar surface area (TPSA) is 69.6 Å². The Bertz CT molecular complexity index is 787. The van der Waals surface area contributed by atoms with Gasteiger partial charge in [-0.25, -0.2) is 4.79 Å². The lowest BCUT2D eigenvalue weighted by Gasteiger charge is -2.37. The van der Waals surface area contributed by atoms with Gasteiger partial charge in [0.1, 0.15) is 0 Å². The number of rotatable bonds is 6. The first-order valence-electron chi connectivity index (χ1n) is 10.3. The summed E-state index contributed by atoms with van der Waals surface area (Å²) in [6.07, 6.45) is -1.23. The van der Waals surface area contributed by atoms with Gasteiger partial charge in [-0.2, -0.15) is 13.2 Å². The summed E-state index contributed by atoms with van der Waals surface area (Å²) in [6.45, 7) is 1.98. The van der Waals surface area contributed by atoms with Crippen molar-refractivity contribution in [3.8, 4) is 0 Å². The van der Waals surface area contributed by atoms with Crippen molar-refractivity contribution in [1.29, 1.82) is 0 Å². The number of hydrogen-bond donors (Lipinski definition) is 2. The van der Waals surface area contributed by atoms with Crippen molar-refractivity contribution >= 4 is 18.1 Å². The van der Waals surface area contributed by atoms with Gasteiger partial charge in [0.25, 0.3) is 0 Å². The van der Waals surface area contributed by atoms with Gasteiger partial charge in [-0.15, -0.1) is 0 Å². The van der Waals surface area contributed by atoms with Crippen LogP contribution >= 0.6 is 0 Å². The molecule has 2 saturated carbocycles. The maximum atomic E-state index is 13.4. The minimum Gasteiger partial charge on any atom is -0.465 e. The van der Waals surface area contributed by atoms with Gasteiger partial charge in [0.15, 0.2) is 0 Å². The third-order valence-electron chi connectivity index (χ3n) is 6.04. The molecule has 164 valence electrons. The largest absolute Gasteiger partial charge is 0.471 e. The molecule has 2 fully saturated rings. The third-order valence-corrected chi connectivity index (χ3v) is 6.04. The highest BCUT2D eigenvalue weighted by atomic mass is 19.4. The first-order valence-corrected chi connectivity index (χ1v) is 10.3. The highest BCUT2D eigenvalue weighted by molar-refractivity contribution is 5.83. The van der Waals surface area contributed by atoms with Crippen molar-refractivity contribution in [3.63, 3.8) is 0 Å². The molecule has 0 heterocycles. The molecule has 2 N–H and O–H groups in total. The van der Waals surface area contributed by atoms with E-state index in [2.05, 4.69) is 5.32 Å². The second kappa shape index (κ2) is 9.10. The van der Waals surface area contributed by atoms with E-state index in [-0.39, 0.29) is 12.0 Å². The Kier molecular flexibility index (Phi) is 6.73. The average molecular weight is 424 g/mol. The highest BCUT2D eigenvalue weighted by Gasteiger charge is 2.54. The van der Waals surface area contributed by atoms with E-state index < -0.39 is 30.3 Å². The molecule has 0 spiro atoms. The monoisotopic (exact) mass is 424 g/mol. The molecule has 2 aliphatic rings. The van der Waals surface area contributed by atoms with E-state index in [1.807, 2.05) is 43.3 Å². The number of alkyl halides is 3. The van der Waals surface area contributed by atoms with Crippen LogP contribution in [0.25, 0.3) is 6.08 Å². The van der Waals surface area contributed by atoms with Crippen LogP contribution in [-0.4, -0.2) is 46.3 Å². The standard InChI is InChI=1S/C22H27F3N2O3/c1-2-15(12-14-6-4-3-5-7-14)18-13-19(18)27(20(28)22(23,24)25)17-10-8-16(9-11-17)26-21(29)30/h3-7,12,16-19,26H,2,8-11,13H2,1H3,(H,29,30)/t16?,17?,18?,19-/m0/s1. The number of carbonyl (C=O) groups excluding carboxylic acids is 1. The predicted molar refractivity (Wildman–Crippen MR) is 107 cm³/mol. The molecule has 2 amide bonds. The highest BCUT2D eigenvalue weighted by Crippen LogP contribution is 2.46. The van der Waals surface area contributed by atoms with Gasteiger partial charge < -0.3 is 15.3 Å². The Labute approximate surface area is 173 Å². The van der Waals surface area contributed by atoms with Gasteiger partial charge in [0.05, 0.1) is 0 Å². The van der Waals surface area contributed by atoms with Crippen LogP contribution in [-0.2, 0) is 4.79 Å². The summed E-state index contributed by atoms with van der Waals surface area (Å²) in [5.41, 5.74) is 2.04. The molecule has 3 rings (SSSR count). The first-order chi connectivity index (χ1) is 14.2. The summed E-state index contributed by atoms with van der Waals surface area (Å²) >= 11 is 0. The van der Waals surface area contributed by atoms with Crippen LogP contribution in [0, 0.1) is 5.92 Å². The van der Waals surface area contributed by atoms with Crippen LogP contribution in [0.2, 0.25) is 0 Å². The summed E-state index contributed by atoms with van der Waals surface area (Å²) in [5, 5.41) is 11.2. The zero-order valence-electron chi connectivity index (χ0n) is 16.9. The Morgan fingerprint density at radius 1 is 1.17 bits per heavy atom. The number of amides is 2. The zero-order valence-corrected chi connectivity index (χ0v) is 16.9. The quantitative estimate of drug-likeness (QED) is 0.687. The molecule has 0 aromatic heterocycles. The van der Waals surface area contributed by atoms with Gasteiger partial charge in [-0.05, 0) is 44.1 Å². The lowest BCUT2D eigenvalue weighted by atomic mass is 9.89. The van der Waals surface area contributed by atoms with Crippen LogP contribution in [0.1, 0.15) is 51.0 Å². The van der Waals surface area contributed by atoms with Crippen LogP contribution in [0.3, 0.4) is 0 Å². The maximum Gasteiger partial charge on any atom is 0.471 e. The Balaban J connectivity index is 1.75. The molecule has 0 aliphatic heterocycles. The Morgan fingerprint density at radius 3 is 2.33 bits per heavy atom. The molecule has 2 aliphatic carbocycles. The summed E-state index contributed by atoms with van der Waals surface area (Å²) in [7, 11) is 0. The van der Waals surface area contributed by atoms with E-state index in [0.717, 1.165) is 16.0 Å². The Hall–Kier alpha value is -2.51. The number of benzene rings is 1. The Morgan fingerprint density at radius 2 is 1.80 bits per heavy atom. The van der Waals surface area contributed by atoms with E-state index in [1.165, 1.54) is 0 Å². The van der Waals surface area contributed by atoms with Gasteiger partial charge >= 0.3 is 18.2 Å². The fourth-order valence-corrected chi connectivity index (χ4v) is 4.53. The van der Waals surface area contributed by atoms with Crippen LogP contribution < -0.4 is 5.32 Å². The molecule has 1 aromatic carbocycles. The lowest BCUT2D eigenvalue weighted by molar-refractivity contribution is -0.189. The lowest BCUT2D eigenvalue weighted by Crippen LogP contribution is -2.51. The second-order valence-corrected chi connectivity index (χ2v) is 8.06. The minimum atomic E-state index is -4.92. The van der Waals surface area contributed by atoms with Gasteiger partial charge in [0, 0.05) is 24.0 Å². The maximum absolute atomic E-state index is 13.4. The second-order valence-electron chi connectivity index (χ2n) is 8.06. The molecule has 1 unspecified atom stereocenters. The van der Waals surface area contributed by atoms with Crippen molar-refractivity contribution in [3.05, 3.63) is 41.5 Å². The number of halogens is 3. The summed E-state index contributed by atoms with van der Waals surface area (Å²) in [4.78, 5) is 24.2. The fraction of sp³-hybridized carbons (Fsp3) is 0.545. The molecule has 30 heavy (non-hydrogen) atoms. The smallest absolute Gasteiger partial charge is 0.465 e. The fourth-order valence-electron chi connectivity index (χ4n) is 4.53. The van der Waals surface area contributed by atoms with Crippen LogP contribution in [0.15, 0.2) is 35.9 Å². The van der Waals surface area contributed by atoms with Crippen molar-refractivity contribution in [2.75, 3.05) is 0 Å². The summed E-state index contributed by atoms with van der Waals surface area (Å²) in [5.74, 6) is -1.85. The minimum absolute atomic E-state index is 0.0728. The number of hydrogen-bond acceptors (Lipinski definition) is 2. The first kappa shape index (κ1) is 22.2. The molecule has 0 saturated heterocycles. The SMILES string of the molecule is CCC(=Cc1ccccc1)C1C[C@@H]1N(C(=O)C(F)(F)F)C1CCC(NC(=O)O)CC1. The molecular formula is C22H27F3N2O3. The number of nitrogens with one attached hydrogen (secondary N) is 1. The zero-order chi connectivity index (χ0) is 21.9. The van der Waals surface area contributed by atoms with Crippen molar-refractivity contribution < 1.29 is 27.9 Å². The molecule has 1 aromatic rings. The molecular weight excluding hydrogens is 397 g/mol. The van der Waals surface area contributed by atoms with E-state index >= 15 is 0 Å². The van der Waals surface area contributed by atoms with E-state index in [4.69, 9.17) is 5.11 Å². The van der Waals surface area contributed by atoms with Crippen molar-refractivity contribution in [2.24, 2.45) is 5.92 Å². The van der Waals surface area contributed by atoms with E-state index in [1.54, 1.807) is 0 Å². The van der Waals surface area contributed by atoms with E-state index in [9.17, 15) is 22.8 Å². The summed E-state index contributed by atoms with van der Waals surface area (Å²) < 4.78 is 40.1. The predicted octanol–water partition coefficient (Wildman–Crippen LogP) is 4.84. The van der Waals surface area contributed by atoms with Crippen molar-refractivity contribution in [2.45, 2.75) is 69.8 Å². The molecule has 5 nitrogen and oxygen atoms in total. The number of carbonyl (C=O) groups is 2. The van der Waals surface area contributed by atoms with Crippen LogP contribution in [0.5, 0.6) is 0 Å². The molecule has 0 bridgehead atoms. The van der Waals surface area contributed by atoms with Gasteiger partial charge in [-0.3, -0.25) is 4.79 Å². The third kappa shape index (κ3) is 5.34. The molecule has 2 atom stereocenters. The van der Waals surface area contributed by atoms with Crippen molar-refractivity contribution in [1.82, 2.24) is 10.2 Å². The van der Waals surface area contributed by atoms with Gasteiger partial charge in [-0.1, -0.05) is 48.9 Å². The average Bonchev–Trinajstić information content (AvgIpc) is 3.47. The molecule has 0 radical (unpaired) electrons.